The Morgan fingerprint density at radius 2 is 1.96 bits per heavy atom. The van der Waals surface area contributed by atoms with Crippen LogP contribution in [0, 0.1) is 13.8 Å². The van der Waals surface area contributed by atoms with Gasteiger partial charge in [-0.3, -0.25) is 9.78 Å². The highest BCUT2D eigenvalue weighted by Crippen LogP contribution is 2.22. The molecular weight excluding hydrogens is 334 g/mol. The Hall–Kier alpha value is -3.03. The van der Waals surface area contributed by atoms with Crippen molar-refractivity contribution in [1.29, 1.82) is 0 Å². The Bertz CT molecular complexity index is 832. The fourth-order valence-corrected chi connectivity index (χ4v) is 3.11. The molecule has 2 aromatic rings. The highest BCUT2D eigenvalue weighted by molar-refractivity contribution is 5.95. The minimum Gasteiger partial charge on any atom is -0.453 e. The van der Waals surface area contributed by atoms with Crippen LogP contribution in [0.2, 0.25) is 0 Å². The van der Waals surface area contributed by atoms with Crippen LogP contribution in [0.15, 0.2) is 18.7 Å². The van der Waals surface area contributed by atoms with Crippen molar-refractivity contribution in [2.75, 3.05) is 13.7 Å². The van der Waals surface area contributed by atoms with E-state index in [9.17, 15) is 9.59 Å². The van der Waals surface area contributed by atoms with Crippen molar-refractivity contribution in [2.24, 2.45) is 0 Å². The SMILES string of the molecule is COC(=O)N1CCc2c(cncc2C(=O)NCc2c(C)ncnc2C)C1. The van der Waals surface area contributed by atoms with Crippen LogP contribution in [0.3, 0.4) is 0 Å². The lowest BCUT2D eigenvalue weighted by atomic mass is 9.97. The third-order valence-corrected chi connectivity index (χ3v) is 4.62. The molecule has 0 aliphatic carbocycles. The van der Waals surface area contributed by atoms with Crippen molar-refractivity contribution in [2.45, 2.75) is 33.4 Å². The molecule has 1 aliphatic heterocycles. The van der Waals surface area contributed by atoms with E-state index in [2.05, 4.69) is 20.3 Å². The minimum absolute atomic E-state index is 0.191. The van der Waals surface area contributed by atoms with E-state index in [-0.39, 0.29) is 12.0 Å². The number of nitrogens with one attached hydrogen (secondary N) is 1. The molecule has 0 bridgehead atoms. The second-order valence-electron chi connectivity index (χ2n) is 6.17. The standard InChI is InChI=1S/C18H21N5O3/c1-11-15(12(2)22-10-21-11)8-20-17(24)16-7-19-6-13-9-23(18(25)26-3)5-4-14(13)16/h6-7,10H,4-5,8-9H2,1-3H3,(H,20,24). The molecule has 0 spiro atoms. The summed E-state index contributed by atoms with van der Waals surface area (Å²) in [4.78, 5) is 38.5. The number of pyridine rings is 1. The van der Waals surface area contributed by atoms with Gasteiger partial charge in [0.2, 0.25) is 0 Å². The van der Waals surface area contributed by atoms with Gasteiger partial charge in [0.05, 0.1) is 19.2 Å². The third kappa shape index (κ3) is 3.49. The number of aryl methyl sites for hydroxylation is 2. The number of carbonyl (C=O) groups excluding carboxylic acids is 2. The van der Waals surface area contributed by atoms with Crippen molar-refractivity contribution in [3.05, 3.63) is 52.4 Å². The average molecular weight is 355 g/mol. The van der Waals surface area contributed by atoms with Crippen molar-refractivity contribution in [1.82, 2.24) is 25.2 Å². The van der Waals surface area contributed by atoms with Crippen molar-refractivity contribution >= 4 is 12.0 Å². The predicted octanol–water partition coefficient (Wildman–Crippen LogP) is 1.54. The molecule has 8 nitrogen and oxygen atoms in total. The number of methoxy groups -OCH3 is 1. The first kappa shape index (κ1) is 17.8. The maximum Gasteiger partial charge on any atom is 0.409 e. The number of hydrogen-bond donors (Lipinski definition) is 1. The molecule has 3 rings (SSSR count). The highest BCUT2D eigenvalue weighted by atomic mass is 16.5. The fraction of sp³-hybridized carbons (Fsp3) is 0.389. The van der Waals surface area contributed by atoms with Crippen LogP contribution in [0.25, 0.3) is 0 Å². The van der Waals surface area contributed by atoms with Gasteiger partial charge >= 0.3 is 6.09 Å². The summed E-state index contributed by atoms with van der Waals surface area (Å²) in [7, 11) is 1.36. The van der Waals surface area contributed by atoms with Crippen LogP contribution in [0.1, 0.15) is 38.4 Å². The molecule has 0 saturated carbocycles. The Balaban J connectivity index is 1.76. The zero-order valence-corrected chi connectivity index (χ0v) is 15.1. The van der Waals surface area contributed by atoms with Gasteiger partial charge < -0.3 is 15.0 Å². The van der Waals surface area contributed by atoms with Crippen LogP contribution in [0.5, 0.6) is 0 Å². The summed E-state index contributed by atoms with van der Waals surface area (Å²) in [5, 5.41) is 2.93. The summed E-state index contributed by atoms with van der Waals surface area (Å²) in [6, 6.07) is 0. The Labute approximate surface area is 151 Å². The Morgan fingerprint density at radius 3 is 2.65 bits per heavy atom. The molecule has 136 valence electrons. The number of aromatic nitrogens is 3. The van der Waals surface area contributed by atoms with Crippen LogP contribution in [-0.4, -0.2) is 45.5 Å². The number of ether oxygens (including phenoxy) is 1. The van der Waals surface area contributed by atoms with Gasteiger partial charge in [0.1, 0.15) is 6.33 Å². The maximum absolute atomic E-state index is 12.7. The number of hydrogen-bond acceptors (Lipinski definition) is 6. The number of rotatable bonds is 3. The summed E-state index contributed by atoms with van der Waals surface area (Å²) in [6.07, 6.45) is 4.99. The summed E-state index contributed by atoms with van der Waals surface area (Å²) in [6.45, 7) is 5.04. The van der Waals surface area contributed by atoms with E-state index in [0.717, 1.165) is 28.1 Å². The molecule has 8 heteroatoms. The van der Waals surface area contributed by atoms with E-state index in [1.807, 2.05) is 13.8 Å². The van der Waals surface area contributed by atoms with Gasteiger partial charge in [-0.15, -0.1) is 0 Å². The third-order valence-electron chi connectivity index (χ3n) is 4.62. The Morgan fingerprint density at radius 1 is 1.23 bits per heavy atom. The first-order chi connectivity index (χ1) is 12.5. The molecule has 0 atom stereocenters. The lowest BCUT2D eigenvalue weighted by Crippen LogP contribution is -2.37. The van der Waals surface area contributed by atoms with E-state index < -0.39 is 0 Å². The highest BCUT2D eigenvalue weighted by Gasteiger charge is 2.25. The quantitative estimate of drug-likeness (QED) is 0.897. The molecule has 3 heterocycles. The lowest BCUT2D eigenvalue weighted by Gasteiger charge is -2.28. The van der Waals surface area contributed by atoms with E-state index >= 15 is 0 Å². The summed E-state index contributed by atoms with van der Waals surface area (Å²) >= 11 is 0. The molecule has 1 aliphatic rings. The van der Waals surface area contributed by atoms with E-state index in [0.29, 0.717) is 31.6 Å². The van der Waals surface area contributed by atoms with Crippen LogP contribution in [0.4, 0.5) is 4.79 Å². The molecule has 0 unspecified atom stereocenters. The van der Waals surface area contributed by atoms with Crippen molar-refractivity contribution in [3.8, 4) is 0 Å². The largest absolute Gasteiger partial charge is 0.453 e. The second-order valence-corrected chi connectivity index (χ2v) is 6.17. The van der Waals surface area contributed by atoms with Crippen LogP contribution >= 0.6 is 0 Å². The topological polar surface area (TPSA) is 97.3 Å². The zero-order valence-electron chi connectivity index (χ0n) is 15.1. The van der Waals surface area contributed by atoms with Gasteiger partial charge in [0.25, 0.3) is 5.91 Å². The van der Waals surface area contributed by atoms with Gasteiger partial charge in [-0.25, -0.2) is 14.8 Å². The first-order valence-corrected chi connectivity index (χ1v) is 8.35. The predicted molar refractivity (Wildman–Crippen MR) is 93.4 cm³/mol. The molecule has 0 fully saturated rings. The second kappa shape index (κ2) is 7.47. The molecule has 0 saturated heterocycles. The fourth-order valence-electron chi connectivity index (χ4n) is 3.11. The molecule has 0 aromatic carbocycles. The van der Waals surface area contributed by atoms with Crippen molar-refractivity contribution < 1.29 is 14.3 Å². The van der Waals surface area contributed by atoms with Gasteiger partial charge in [0.15, 0.2) is 0 Å². The van der Waals surface area contributed by atoms with Crippen LogP contribution < -0.4 is 5.32 Å². The zero-order chi connectivity index (χ0) is 18.7. The van der Waals surface area contributed by atoms with Crippen LogP contribution in [-0.2, 0) is 24.2 Å². The molecular formula is C18H21N5O3. The number of fused-ring (bicyclic) bond motifs is 1. The number of nitrogens with zero attached hydrogens (tertiary/aromatic N) is 4. The van der Waals surface area contributed by atoms with Gasteiger partial charge in [-0.1, -0.05) is 0 Å². The van der Waals surface area contributed by atoms with E-state index in [4.69, 9.17) is 4.74 Å². The van der Waals surface area contributed by atoms with Crippen molar-refractivity contribution in [3.63, 3.8) is 0 Å². The van der Waals surface area contributed by atoms with E-state index in [1.54, 1.807) is 17.3 Å². The average Bonchev–Trinajstić information content (AvgIpc) is 2.65. The molecule has 2 amide bonds. The minimum atomic E-state index is -0.375. The van der Waals surface area contributed by atoms with Gasteiger partial charge in [-0.05, 0) is 31.4 Å². The number of carbonyl (C=O) groups is 2. The smallest absolute Gasteiger partial charge is 0.409 e. The Kier molecular flexibility index (Phi) is 5.11. The molecule has 0 radical (unpaired) electrons. The monoisotopic (exact) mass is 355 g/mol. The molecule has 2 aromatic heterocycles. The number of amides is 2. The summed E-state index contributed by atoms with van der Waals surface area (Å²) < 4.78 is 4.77. The first-order valence-electron chi connectivity index (χ1n) is 8.35. The van der Waals surface area contributed by atoms with Gasteiger partial charge in [0, 0.05) is 42.4 Å². The van der Waals surface area contributed by atoms with E-state index in [1.165, 1.54) is 13.4 Å². The normalized spacial score (nSPS) is 13.1. The maximum atomic E-state index is 12.7. The summed E-state index contributed by atoms with van der Waals surface area (Å²) in [5.41, 5.74) is 4.94. The summed E-state index contributed by atoms with van der Waals surface area (Å²) in [5.74, 6) is -0.191. The molecule has 26 heavy (non-hydrogen) atoms. The molecule has 1 N–H and O–H groups in total. The lowest BCUT2D eigenvalue weighted by molar-refractivity contribution is 0.0948. The van der Waals surface area contributed by atoms with Gasteiger partial charge in [-0.2, -0.15) is 0 Å².